The van der Waals surface area contributed by atoms with E-state index in [-0.39, 0.29) is 24.0 Å². The fourth-order valence-corrected chi connectivity index (χ4v) is 3.06. The fraction of sp³-hybridized carbons (Fsp3) is 0.933. The first kappa shape index (κ1) is 14.8. The van der Waals surface area contributed by atoms with Gasteiger partial charge in [-0.25, -0.2) is 0 Å². The molecule has 19 heavy (non-hydrogen) atoms. The van der Waals surface area contributed by atoms with Crippen molar-refractivity contribution in [3.63, 3.8) is 0 Å². The predicted molar refractivity (Wildman–Crippen MR) is 75.7 cm³/mol. The summed E-state index contributed by atoms with van der Waals surface area (Å²) in [6.45, 7) is 6.83. The number of ether oxygens (including phenoxy) is 1. The summed E-state index contributed by atoms with van der Waals surface area (Å²) >= 11 is 0. The van der Waals surface area contributed by atoms with Crippen LogP contribution in [0.3, 0.4) is 0 Å². The van der Waals surface area contributed by atoms with Crippen molar-refractivity contribution in [3.8, 4) is 0 Å². The van der Waals surface area contributed by atoms with Gasteiger partial charge in [-0.1, -0.05) is 20.3 Å². The van der Waals surface area contributed by atoms with Crippen LogP contribution in [-0.4, -0.2) is 42.6 Å². The minimum atomic E-state index is 0.0643. The lowest BCUT2D eigenvalue weighted by Crippen LogP contribution is -2.41. The Hall–Kier alpha value is -0.610. The number of hydrogen-bond acceptors (Lipinski definition) is 3. The Kier molecular flexibility index (Phi) is 5.22. The van der Waals surface area contributed by atoms with Crippen molar-refractivity contribution in [2.75, 3.05) is 19.7 Å². The largest absolute Gasteiger partial charge is 0.376 e. The van der Waals surface area contributed by atoms with Crippen LogP contribution in [0.2, 0.25) is 0 Å². The van der Waals surface area contributed by atoms with Crippen molar-refractivity contribution < 1.29 is 9.53 Å². The monoisotopic (exact) mass is 268 g/mol. The van der Waals surface area contributed by atoms with E-state index in [0.29, 0.717) is 5.92 Å². The third-order valence-corrected chi connectivity index (χ3v) is 4.39. The Morgan fingerprint density at radius 1 is 1.37 bits per heavy atom. The molecule has 2 fully saturated rings. The van der Waals surface area contributed by atoms with Crippen LogP contribution in [0.5, 0.6) is 0 Å². The Morgan fingerprint density at radius 3 is 2.79 bits per heavy atom. The van der Waals surface area contributed by atoms with Crippen LogP contribution >= 0.6 is 0 Å². The summed E-state index contributed by atoms with van der Waals surface area (Å²) in [5.41, 5.74) is 6.02. The van der Waals surface area contributed by atoms with Crippen LogP contribution in [-0.2, 0) is 9.53 Å². The number of amides is 1. The topological polar surface area (TPSA) is 55.6 Å². The minimum Gasteiger partial charge on any atom is -0.376 e. The molecule has 0 aromatic rings. The second-order valence-electron chi connectivity index (χ2n) is 6.45. The standard InChI is InChI=1S/C15H28N2O2/c1-11(2)7-9-19-12-6-8-17(10-12)15(18)13-4-3-5-14(13)16/h11-14H,3-10,16H2,1-2H3/t12-,13-,14+/m1/s1. The van der Waals surface area contributed by atoms with Crippen LogP contribution in [0.15, 0.2) is 0 Å². The van der Waals surface area contributed by atoms with Crippen LogP contribution in [0, 0.1) is 11.8 Å². The number of hydrogen-bond donors (Lipinski definition) is 1. The van der Waals surface area contributed by atoms with Gasteiger partial charge in [0.15, 0.2) is 0 Å². The lowest BCUT2D eigenvalue weighted by molar-refractivity contribution is -0.135. The summed E-state index contributed by atoms with van der Waals surface area (Å²) in [4.78, 5) is 14.3. The molecule has 0 spiro atoms. The Bertz CT molecular complexity index is 307. The molecule has 0 bridgehead atoms. The van der Waals surface area contributed by atoms with E-state index in [0.717, 1.165) is 51.8 Å². The van der Waals surface area contributed by atoms with Crippen molar-refractivity contribution in [1.82, 2.24) is 4.90 Å². The van der Waals surface area contributed by atoms with E-state index in [1.165, 1.54) is 0 Å². The molecule has 1 heterocycles. The van der Waals surface area contributed by atoms with Gasteiger partial charge in [-0.15, -0.1) is 0 Å². The molecule has 2 N–H and O–H groups in total. The van der Waals surface area contributed by atoms with Gasteiger partial charge in [0.1, 0.15) is 0 Å². The summed E-state index contributed by atoms with van der Waals surface area (Å²) in [7, 11) is 0. The molecule has 0 aromatic carbocycles. The SMILES string of the molecule is CC(C)CCO[C@@H]1CCN(C(=O)[C@@H]2CCC[C@@H]2N)C1. The van der Waals surface area contributed by atoms with Gasteiger partial charge in [0.2, 0.25) is 5.91 Å². The zero-order chi connectivity index (χ0) is 13.8. The maximum atomic E-state index is 12.4. The summed E-state index contributed by atoms with van der Waals surface area (Å²) in [6, 6.07) is 0.0772. The van der Waals surface area contributed by atoms with Gasteiger partial charge in [0.25, 0.3) is 0 Å². The van der Waals surface area contributed by atoms with Crippen molar-refractivity contribution in [2.45, 2.75) is 58.1 Å². The van der Waals surface area contributed by atoms with E-state index in [2.05, 4.69) is 13.8 Å². The first-order valence-corrected chi connectivity index (χ1v) is 7.74. The highest BCUT2D eigenvalue weighted by atomic mass is 16.5. The molecular formula is C15H28N2O2. The van der Waals surface area contributed by atoms with Crippen LogP contribution in [0.4, 0.5) is 0 Å². The van der Waals surface area contributed by atoms with Gasteiger partial charge in [-0.3, -0.25) is 4.79 Å². The molecule has 0 radical (unpaired) electrons. The molecule has 0 unspecified atom stereocenters. The summed E-state index contributed by atoms with van der Waals surface area (Å²) in [5.74, 6) is 1.00. The normalized spacial score (nSPS) is 31.4. The van der Waals surface area contributed by atoms with Gasteiger partial charge in [0, 0.05) is 25.7 Å². The molecule has 0 aromatic heterocycles. The molecule has 2 aliphatic rings. The highest BCUT2D eigenvalue weighted by Gasteiger charge is 2.36. The van der Waals surface area contributed by atoms with Crippen molar-refractivity contribution in [2.24, 2.45) is 17.6 Å². The number of nitrogens with zero attached hydrogens (tertiary/aromatic N) is 1. The van der Waals surface area contributed by atoms with Gasteiger partial charge in [-0.2, -0.15) is 0 Å². The van der Waals surface area contributed by atoms with Crippen LogP contribution < -0.4 is 5.73 Å². The first-order valence-electron chi connectivity index (χ1n) is 7.74. The summed E-state index contributed by atoms with van der Waals surface area (Å²) in [6.07, 6.45) is 5.37. The smallest absolute Gasteiger partial charge is 0.227 e. The number of nitrogens with two attached hydrogens (primary N) is 1. The maximum absolute atomic E-state index is 12.4. The lowest BCUT2D eigenvalue weighted by Gasteiger charge is -2.23. The molecule has 4 heteroatoms. The van der Waals surface area contributed by atoms with Gasteiger partial charge in [-0.05, 0) is 31.6 Å². The predicted octanol–water partition coefficient (Wildman–Crippen LogP) is 1.78. The molecule has 4 nitrogen and oxygen atoms in total. The van der Waals surface area contributed by atoms with E-state index < -0.39 is 0 Å². The number of rotatable bonds is 5. The Labute approximate surface area is 116 Å². The molecule has 1 amide bonds. The van der Waals surface area contributed by atoms with E-state index >= 15 is 0 Å². The third-order valence-electron chi connectivity index (χ3n) is 4.39. The molecule has 3 atom stereocenters. The van der Waals surface area contributed by atoms with Crippen molar-refractivity contribution in [3.05, 3.63) is 0 Å². The molecule has 1 aliphatic heterocycles. The van der Waals surface area contributed by atoms with Gasteiger partial charge < -0.3 is 15.4 Å². The minimum absolute atomic E-state index is 0.0643. The zero-order valence-electron chi connectivity index (χ0n) is 12.3. The van der Waals surface area contributed by atoms with E-state index in [4.69, 9.17) is 10.5 Å². The molecule has 2 rings (SSSR count). The number of likely N-dealkylation sites (tertiary alicyclic amines) is 1. The summed E-state index contributed by atoms with van der Waals surface area (Å²) < 4.78 is 5.86. The van der Waals surface area contributed by atoms with Gasteiger partial charge >= 0.3 is 0 Å². The maximum Gasteiger partial charge on any atom is 0.227 e. The first-order chi connectivity index (χ1) is 9.08. The van der Waals surface area contributed by atoms with Crippen molar-refractivity contribution >= 4 is 5.91 Å². The number of carbonyl (C=O) groups excluding carboxylic acids is 1. The highest BCUT2D eigenvalue weighted by Crippen LogP contribution is 2.27. The Morgan fingerprint density at radius 2 is 2.16 bits per heavy atom. The zero-order valence-corrected chi connectivity index (χ0v) is 12.3. The summed E-state index contributed by atoms with van der Waals surface area (Å²) in [5, 5.41) is 0. The lowest BCUT2D eigenvalue weighted by atomic mass is 10.0. The van der Waals surface area contributed by atoms with E-state index in [9.17, 15) is 4.79 Å². The molecular weight excluding hydrogens is 240 g/mol. The Balaban J connectivity index is 1.73. The average molecular weight is 268 g/mol. The second-order valence-corrected chi connectivity index (χ2v) is 6.45. The van der Waals surface area contributed by atoms with Gasteiger partial charge in [0.05, 0.1) is 12.0 Å². The fourth-order valence-electron chi connectivity index (χ4n) is 3.06. The molecule has 1 saturated carbocycles. The molecule has 1 aliphatic carbocycles. The van der Waals surface area contributed by atoms with Crippen LogP contribution in [0.1, 0.15) is 46.0 Å². The third kappa shape index (κ3) is 3.93. The van der Waals surface area contributed by atoms with E-state index in [1.807, 2.05) is 4.90 Å². The quantitative estimate of drug-likeness (QED) is 0.827. The molecule has 110 valence electrons. The van der Waals surface area contributed by atoms with E-state index in [1.54, 1.807) is 0 Å². The van der Waals surface area contributed by atoms with Crippen LogP contribution in [0.25, 0.3) is 0 Å². The second kappa shape index (κ2) is 6.71. The number of carbonyl (C=O) groups is 1. The van der Waals surface area contributed by atoms with Crippen molar-refractivity contribution in [1.29, 1.82) is 0 Å². The highest BCUT2D eigenvalue weighted by molar-refractivity contribution is 5.80. The molecule has 1 saturated heterocycles. The average Bonchev–Trinajstić information content (AvgIpc) is 2.97.